The van der Waals surface area contributed by atoms with Gasteiger partial charge in [0.15, 0.2) is 5.76 Å². The van der Waals surface area contributed by atoms with E-state index in [4.69, 9.17) is 4.42 Å². The first-order chi connectivity index (χ1) is 13.0. The van der Waals surface area contributed by atoms with Crippen molar-refractivity contribution < 1.29 is 14.1 Å². The number of carbonyl (C=O) groups excluding carboxylic acids is 1. The Hall–Kier alpha value is -3.67. The van der Waals surface area contributed by atoms with Gasteiger partial charge in [0.2, 0.25) is 5.78 Å². The number of nitro benzene ring substituents is 1. The Morgan fingerprint density at radius 3 is 2.48 bits per heavy atom. The smallest absolute Gasteiger partial charge is 0.293 e. The third-order valence-corrected chi connectivity index (χ3v) is 4.11. The number of anilines is 2. The zero-order chi connectivity index (χ0) is 19.4. The molecular weight excluding hydrogens is 344 g/mol. The second-order valence-corrected chi connectivity index (χ2v) is 6.01. The van der Waals surface area contributed by atoms with Gasteiger partial charge in [-0.15, -0.1) is 0 Å². The Labute approximate surface area is 156 Å². The Morgan fingerprint density at radius 1 is 1.11 bits per heavy atom. The van der Waals surface area contributed by atoms with Crippen LogP contribution in [-0.4, -0.2) is 17.8 Å². The van der Waals surface area contributed by atoms with Gasteiger partial charge in [-0.1, -0.05) is 30.3 Å². The summed E-state index contributed by atoms with van der Waals surface area (Å²) >= 11 is 0. The molecule has 0 atom stereocenters. The lowest BCUT2D eigenvalue weighted by molar-refractivity contribution is -0.384. The highest BCUT2D eigenvalue weighted by molar-refractivity contribution is 6.05. The van der Waals surface area contributed by atoms with E-state index < -0.39 is 4.92 Å². The Balaban J connectivity index is 1.88. The third kappa shape index (κ3) is 4.12. The molecule has 0 aliphatic carbocycles. The minimum atomic E-state index is -0.427. The average Bonchev–Trinajstić information content (AvgIpc) is 3.12. The maximum Gasteiger partial charge on any atom is 0.293 e. The van der Waals surface area contributed by atoms with Crippen molar-refractivity contribution in [2.75, 3.05) is 11.9 Å². The number of carbonyl (C=O) groups is 1. The van der Waals surface area contributed by atoms with Crippen molar-refractivity contribution in [3.05, 3.63) is 93.9 Å². The van der Waals surface area contributed by atoms with Crippen molar-refractivity contribution in [1.29, 1.82) is 0 Å². The molecule has 27 heavy (non-hydrogen) atoms. The maximum atomic E-state index is 12.1. The molecule has 1 heterocycles. The summed E-state index contributed by atoms with van der Waals surface area (Å²) < 4.78 is 5.28. The lowest BCUT2D eigenvalue weighted by Crippen LogP contribution is -2.11. The van der Waals surface area contributed by atoms with Crippen LogP contribution < -0.4 is 4.90 Å². The molecule has 6 heteroatoms. The lowest BCUT2D eigenvalue weighted by atomic mass is 10.1. The van der Waals surface area contributed by atoms with Gasteiger partial charge in [-0.3, -0.25) is 14.9 Å². The van der Waals surface area contributed by atoms with Crippen molar-refractivity contribution in [3.8, 4) is 0 Å². The molecule has 0 aliphatic heterocycles. The van der Waals surface area contributed by atoms with E-state index in [2.05, 4.69) is 0 Å². The summed E-state index contributed by atoms with van der Waals surface area (Å²) in [5.41, 5.74) is 1.83. The van der Waals surface area contributed by atoms with Crippen LogP contribution in [0.25, 0.3) is 6.08 Å². The molecule has 1 aromatic heterocycles. The van der Waals surface area contributed by atoms with E-state index in [9.17, 15) is 14.9 Å². The molecule has 3 aromatic rings. The molecule has 3 rings (SSSR count). The fraction of sp³-hybridized carbons (Fsp3) is 0.0952. The topological polar surface area (TPSA) is 76.6 Å². The zero-order valence-corrected chi connectivity index (χ0v) is 15.0. The number of nitrogens with zero attached hydrogens (tertiary/aromatic N) is 2. The normalized spacial score (nSPS) is 10.9. The minimum Gasteiger partial charge on any atom is -0.458 e. The van der Waals surface area contributed by atoms with Gasteiger partial charge in [-0.2, -0.15) is 0 Å². The number of para-hydroxylation sites is 1. The minimum absolute atomic E-state index is 0.0372. The monoisotopic (exact) mass is 362 g/mol. The zero-order valence-electron chi connectivity index (χ0n) is 15.0. The Kier molecular flexibility index (Phi) is 5.17. The number of hydrogen-bond acceptors (Lipinski definition) is 5. The molecule has 6 nitrogen and oxygen atoms in total. The largest absolute Gasteiger partial charge is 0.458 e. The van der Waals surface area contributed by atoms with Gasteiger partial charge in [-0.25, -0.2) is 0 Å². The molecule has 0 bridgehead atoms. The third-order valence-electron chi connectivity index (χ3n) is 4.11. The fourth-order valence-electron chi connectivity index (χ4n) is 2.69. The van der Waals surface area contributed by atoms with Gasteiger partial charge in [0.25, 0.3) is 5.69 Å². The number of furan rings is 1. The van der Waals surface area contributed by atoms with E-state index in [0.29, 0.717) is 17.0 Å². The summed E-state index contributed by atoms with van der Waals surface area (Å²) in [6, 6.07) is 17.5. The predicted molar refractivity (Wildman–Crippen MR) is 104 cm³/mol. The second-order valence-electron chi connectivity index (χ2n) is 6.01. The van der Waals surface area contributed by atoms with Crippen molar-refractivity contribution in [3.63, 3.8) is 0 Å². The lowest BCUT2D eigenvalue weighted by Gasteiger charge is -2.19. The number of benzene rings is 2. The van der Waals surface area contributed by atoms with Crippen LogP contribution in [0.4, 0.5) is 17.1 Å². The molecule has 0 saturated heterocycles. The van der Waals surface area contributed by atoms with Crippen LogP contribution >= 0.6 is 0 Å². The van der Waals surface area contributed by atoms with Gasteiger partial charge >= 0.3 is 0 Å². The molecule has 136 valence electrons. The molecule has 0 unspecified atom stereocenters. The summed E-state index contributed by atoms with van der Waals surface area (Å²) in [6.45, 7) is 1.76. The van der Waals surface area contributed by atoms with Gasteiger partial charge in [-0.05, 0) is 48.9 Å². The van der Waals surface area contributed by atoms with Crippen LogP contribution in [0.2, 0.25) is 0 Å². The van der Waals surface area contributed by atoms with Crippen LogP contribution in [0.5, 0.6) is 0 Å². The molecule has 0 N–H and O–H groups in total. The highest BCUT2D eigenvalue weighted by Crippen LogP contribution is 2.33. The van der Waals surface area contributed by atoms with E-state index in [1.807, 2.05) is 30.3 Å². The van der Waals surface area contributed by atoms with Gasteiger partial charge in [0.05, 0.1) is 4.92 Å². The summed E-state index contributed by atoms with van der Waals surface area (Å²) in [7, 11) is 1.77. The molecular formula is C21H18N2O4. The summed E-state index contributed by atoms with van der Waals surface area (Å²) in [5, 5.41) is 11.5. The quantitative estimate of drug-likeness (QED) is 0.262. The first-order valence-electron chi connectivity index (χ1n) is 8.32. The number of ketones is 1. The van der Waals surface area contributed by atoms with Crippen molar-refractivity contribution >= 4 is 28.9 Å². The second kappa shape index (κ2) is 7.70. The van der Waals surface area contributed by atoms with E-state index in [-0.39, 0.29) is 17.2 Å². The van der Waals surface area contributed by atoms with Gasteiger partial charge in [0.1, 0.15) is 11.4 Å². The maximum absolute atomic E-state index is 12.1. The van der Waals surface area contributed by atoms with E-state index in [1.165, 1.54) is 12.1 Å². The summed E-state index contributed by atoms with van der Waals surface area (Å²) in [6.07, 6.45) is 2.89. The van der Waals surface area contributed by atoms with Crippen molar-refractivity contribution in [2.24, 2.45) is 0 Å². The Morgan fingerprint density at radius 2 is 1.85 bits per heavy atom. The molecule has 0 spiro atoms. The first-order valence-corrected chi connectivity index (χ1v) is 8.32. The molecule has 0 amide bonds. The van der Waals surface area contributed by atoms with E-state index in [0.717, 1.165) is 5.69 Å². The van der Waals surface area contributed by atoms with Crippen molar-refractivity contribution in [1.82, 2.24) is 0 Å². The van der Waals surface area contributed by atoms with Crippen LogP contribution in [0, 0.1) is 17.0 Å². The van der Waals surface area contributed by atoms with Gasteiger partial charge in [0, 0.05) is 18.8 Å². The molecule has 0 aliphatic rings. The van der Waals surface area contributed by atoms with Crippen LogP contribution in [0.15, 0.2) is 71.2 Å². The number of nitro groups is 1. The highest BCUT2D eigenvalue weighted by atomic mass is 16.6. The standard InChI is InChI=1S/C21H18N2O4/c1-15-8-13-21(27-15)20(24)12-10-16-9-11-18(19(14-16)23(25)26)22(2)17-6-4-3-5-7-17/h3-14H,1-2H3/b12-10+. The van der Waals surface area contributed by atoms with Crippen LogP contribution in [0.1, 0.15) is 21.9 Å². The number of hydrogen-bond donors (Lipinski definition) is 0. The molecule has 2 aromatic carbocycles. The van der Waals surface area contributed by atoms with Gasteiger partial charge < -0.3 is 9.32 Å². The summed E-state index contributed by atoms with van der Waals surface area (Å²) in [4.78, 5) is 25.0. The van der Waals surface area contributed by atoms with Crippen LogP contribution in [-0.2, 0) is 0 Å². The number of aryl methyl sites for hydroxylation is 1. The van der Waals surface area contributed by atoms with E-state index >= 15 is 0 Å². The molecule has 0 saturated carbocycles. The highest BCUT2D eigenvalue weighted by Gasteiger charge is 2.18. The number of allylic oxidation sites excluding steroid dienone is 1. The predicted octanol–water partition coefficient (Wildman–Crippen LogP) is 5.16. The van der Waals surface area contributed by atoms with Crippen molar-refractivity contribution in [2.45, 2.75) is 6.92 Å². The fourth-order valence-corrected chi connectivity index (χ4v) is 2.69. The first kappa shape index (κ1) is 18.1. The average molecular weight is 362 g/mol. The Bertz CT molecular complexity index is 1010. The SMILES string of the molecule is Cc1ccc(C(=O)/C=C/c2ccc(N(C)c3ccccc3)c([N+](=O)[O-])c2)o1. The molecule has 0 radical (unpaired) electrons. The van der Waals surface area contributed by atoms with E-state index in [1.54, 1.807) is 49.2 Å². The van der Waals surface area contributed by atoms with Crippen LogP contribution in [0.3, 0.4) is 0 Å². The molecule has 0 fully saturated rings. The summed E-state index contributed by atoms with van der Waals surface area (Å²) in [5.74, 6) is 0.589. The number of rotatable bonds is 6.